The van der Waals surface area contributed by atoms with Crippen molar-refractivity contribution in [3.8, 4) is 11.4 Å². The first kappa shape index (κ1) is 14.0. The predicted octanol–water partition coefficient (Wildman–Crippen LogP) is 4.31. The van der Waals surface area contributed by atoms with Crippen LogP contribution in [-0.4, -0.2) is 9.97 Å². The van der Waals surface area contributed by atoms with E-state index in [4.69, 9.17) is 0 Å². The molecule has 0 saturated carbocycles. The smallest absolute Gasteiger partial charge is 0.265 e. The molecule has 0 saturated heterocycles. The summed E-state index contributed by atoms with van der Waals surface area (Å²) >= 11 is 3.33. The first-order chi connectivity index (χ1) is 10.2. The fraction of sp³-hybridized carbons (Fsp3) is 0.176. The standard InChI is InChI=1S/C17H15BrN2O/c1-2-6-14-15(18)17(21)20-16(19-14)13-10-5-8-11-7-3-4-9-12(11)13/h3-5,7-10H,2,6H2,1H3,(H,19,20,21). The first-order valence-corrected chi connectivity index (χ1v) is 7.77. The van der Waals surface area contributed by atoms with E-state index in [9.17, 15) is 4.79 Å². The summed E-state index contributed by atoms with van der Waals surface area (Å²) in [5.74, 6) is 0.628. The molecule has 0 atom stereocenters. The Morgan fingerprint density at radius 3 is 2.71 bits per heavy atom. The fourth-order valence-electron chi connectivity index (χ4n) is 2.47. The van der Waals surface area contributed by atoms with Crippen molar-refractivity contribution < 1.29 is 0 Å². The largest absolute Gasteiger partial charge is 0.306 e. The highest BCUT2D eigenvalue weighted by molar-refractivity contribution is 9.10. The minimum atomic E-state index is -0.128. The van der Waals surface area contributed by atoms with Gasteiger partial charge in [0.1, 0.15) is 10.3 Å². The van der Waals surface area contributed by atoms with Gasteiger partial charge in [-0.2, -0.15) is 0 Å². The monoisotopic (exact) mass is 342 g/mol. The van der Waals surface area contributed by atoms with Gasteiger partial charge in [-0.3, -0.25) is 4.79 Å². The minimum absolute atomic E-state index is 0.128. The number of nitrogens with one attached hydrogen (secondary N) is 1. The van der Waals surface area contributed by atoms with Crippen LogP contribution in [0.25, 0.3) is 22.2 Å². The zero-order chi connectivity index (χ0) is 14.8. The van der Waals surface area contributed by atoms with Gasteiger partial charge in [0.05, 0.1) is 5.69 Å². The Morgan fingerprint density at radius 1 is 1.14 bits per heavy atom. The number of nitrogens with zero attached hydrogens (tertiary/aromatic N) is 1. The van der Waals surface area contributed by atoms with Gasteiger partial charge in [-0.1, -0.05) is 55.8 Å². The van der Waals surface area contributed by atoms with E-state index < -0.39 is 0 Å². The van der Waals surface area contributed by atoms with Crippen molar-refractivity contribution >= 4 is 26.7 Å². The molecule has 1 N–H and O–H groups in total. The number of benzene rings is 2. The van der Waals surface area contributed by atoms with E-state index in [0.29, 0.717) is 10.3 Å². The maximum Gasteiger partial charge on any atom is 0.265 e. The molecule has 3 aromatic rings. The van der Waals surface area contributed by atoms with Crippen LogP contribution in [0.1, 0.15) is 19.0 Å². The second-order valence-electron chi connectivity index (χ2n) is 4.95. The Labute approximate surface area is 131 Å². The van der Waals surface area contributed by atoms with Crippen molar-refractivity contribution in [2.75, 3.05) is 0 Å². The second-order valence-corrected chi connectivity index (χ2v) is 5.74. The molecule has 0 aliphatic rings. The van der Waals surface area contributed by atoms with Gasteiger partial charge in [0.15, 0.2) is 0 Å². The van der Waals surface area contributed by atoms with Gasteiger partial charge in [0, 0.05) is 5.56 Å². The minimum Gasteiger partial charge on any atom is -0.306 e. The van der Waals surface area contributed by atoms with Crippen molar-refractivity contribution in [2.24, 2.45) is 0 Å². The number of H-pyrrole nitrogens is 1. The van der Waals surface area contributed by atoms with E-state index in [2.05, 4.69) is 45.0 Å². The molecule has 1 aromatic heterocycles. The molecule has 0 radical (unpaired) electrons. The molecule has 0 aliphatic carbocycles. The quantitative estimate of drug-likeness (QED) is 0.770. The molecule has 106 valence electrons. The molecule has 0 amide bonds. The van der Waals surface area contributed by atoms with E-state index in [-0.39, 0.29) is 5.56 Å². The summed E-state index contributed by atoms with van der Waals surface area (Å²) in [6.45, 7) is 2.08. The van der Waals surface area contributed by atoms with Crippen LogP contribution in [0.4, 0.5) is 0 Å². The summed E-state index contributed by atoms with van der Waals surface area (Å²) in [4.78, 5) is 19.6. The van der Waals surface area contributed by atoms with Gasteiger partial charge in [-0.15, -0.1) is 0 Å². The van der Waals surface area contributed by atoms with Gasteiger partial charge in [0.2, 0.25) is 0 Å². The lowest BCUT2D eigenvalue weighted by atomic mass is 10.0. The van der Waals surface area contributed by atoms with Crippen LogP contribution >= 0.6 is 15.9 Å². The normalized spacial score (nSPS) is 11.0. The number of hydrogen-bond donors (Lipinski definition) is 1. The average molecular weight is 343 g/mol. The number of fused-ring (bicyclic) bond motifs is 1. The third-order valence-electron chi connectivity index (χ3n) is 3.46. The van der Waals surface area contributed by atoms with E-state index in [0.717, 1.165) is 34.9 Å². The van der Waals surface area contributed by atoms with Crippen LogP contribution < -0.4 is 5.56 Å². The molecular weight excluding hydrogens is 328 g/mol. The predicted molar refractivity (Wildman–Crippen MR) is 89.5 cm³/mol. The van der Waals surface area contributed by atoms with Crippen LogP contribution in [0.15, 0.2) is 51.7 Å². The SMILES string of the molecule is CCCc1nc(-c2cccc3ccccc23)[nH]c(=O)c1Br. The lowest BCUT2D eigenvalue weighted by Crippen LogP contribution is -2.13. The molecule has 0 aliphatic heterocycles. The summed E-state index contributed by atoms with van der Waals surface area (Å²) in [6, 6.07) is 14.1. The number of aromatic amines is 1. The molecule has 0 spiro atoms. The van der Waals surface area contributed by atoms with Crippen LogP contribution in [0.3, 0.4) is 0 Å². The third kappa shape index (κ3) is 2.63. The third-order valence-corrected chi connectivity index (χ3v) is 4.28. The highest BCUT2D eigenvalue weighted by atomic mass is 79.9. The number of rotatable bonds is 3. The van der Waals surface area contributed by atoms with E-state index in [1.54, 1.807) is 0 Å². The Balaban J connectivity index is 2.26. The molecule has 0 fully saturated rings. The fourth-order valence-corrected chi connectivity index (χ4v) is 2.85. The van der Waals surface area contributed by atoms with Crippen molar-refractivity contribution in [1.29, 1.82) is 0 Å². The number of halogens is 1. The second kappa shape index (κ2) is 5.82. The highest BCUT2D eigenvalue weighted by Gasteiger charge is 2.11. The van der Waals surface area contributed by atoms with Gasteiger partial charge in [-0.25, -0.2) is 4.98 Å². The molecule has 21 heavy (non-hydrogen) atoms. The van der Waals surface area contributed by atoms with Crippen LogP contribution in [-0.2, 0) is 6.42 Å². The van der Waals surface area contributed by atoms with Gasteiger partial charge in [-0.05, 0) is 33.1 Å². The van der Waals surface area contributed by atoms with Crippen LogP contribution in [0.5, 0.6) is 0 Å². The zero-order valence-corrected chi connectivity index (χ0v) is 13.3. The lowest BCUT2D eigenvalue weighted by molar-refractivity contribution is 0.861. The maximum absolute atomic E-state index is 12.1. The highest BCUT2D eigenvalue weighted by Crippen LogP contribution is 2.26. The Bertz CT molecular complexity index is 850. The van der Waals surface area contributed by atoms with E-state index in [1.807, 2.05) is 30.3 Å². The maximum atomic E-state index is 12.1. The van der Waals surface area contributed by atoms with Crippen molar-refractivity contribution in [1.82, 2.24) is 9.97 Å². The Morgan fingerprint density at radius 2 is 1.90 bits per heavy atom. The molecule has 0 bridgehead atoms. The number of hydrogen-bond acceptors (Lipinski definition) is 2. The summed E-state index contributed by atoms with van der Waals surface area (Å²) in [5, 5.41) is 2.23. The van der Waals surface area contributed by atoms with Crippen molar-refractivity contribution in [2.45, 2.75) is 19.8 Å². The lowest BCUT2D eigenvalue weighted by Gasteiger charge is -2.08. The topological polar surface area (TPSA) is 45.8 Å². The van der Waals surface area contributed by atoms with Crippen molar-refractivity contribution in [3.63, 3.8) is 0 Å². The molecule has 4 heteroatoms. The first-order valence-electron chi connectivity index (χ1n) is 6.97. The van der Waals surface area contributed by atoms with Crippen molar-refractivity contribution in [3.05, 3.63) is 63.0 Å². The molecule has 0 unspecified atom stereocenters. The van der Waals surface area contributed by atoms with Crippen LogP contribution in [0, 0.1) is 0 Å². The Kier molecular flexibility index (Phi) is 3.88. The summed E-state index contributed by atoms with van der Waals surface area (Å²) in [7, 11) is 0. The average Bonchev–Trinajstić information content (AvgIpc) is 2.51. The number of aromatic nitrogens is 2. The summed E-state index contributed by atoms with van der Waals surface area (Å²) in [6.07, 6.45) is 1.73. The van der Waals surface area contributed by atoms with E-state index in [1.165, 1.54) is 0 Å². The van der Waals surface area contributed by atoms with Crippen LogP contribution in [0.2, 0.25) is 0 Å². The Hall–Kier alpha value is -1.94. The van der Waals surface area contributed by atoms with Gasteiger partial charge < -0.3 is 4.98 Å². The van der Waals surface area contributed by atoms with Gasteiger partial charge in [0.25, 0.3) is 5.56 Å². The molecule has 2 aromatic carbocycles. The zero-order valence-electron chi connectivity index (χ0n) is 11.7. The van der Waals surface area contributed by atoms with E-state index >= 15 is 0 Å². The molecule has 1 heterocycles. The molecule has 3 rings (SSSR count). The number of aryl methyl sites for hydroxylation is 1. The van der Waals surface area contributed by atoms with Gasteiger partial charge >= 0.3 is 0 Å². The molecular formula is C17H15BrN2O. The molecule has 3 nitrogen and oxygen atoms in total. The summed E-state index contributed by atoms with van der Waals surface area (Å²) < 4.78 is 0.535. The summed E-state index contributed by atoms with van der Waals surface area (Å²) in [5.41, 5.74) is 1.63.